The average Bonchev–Trinajstić information content (AvgIpc) is 3.61. The SMILES string of the molecule is O=C(N1CCCCC1)N1CCn2cc(C3=C(c4cnc5ccccn45)C(O)NN3)c3cc(C(F)(F)F)cc(c32)C1. The number of likely N-dealkylation sites (tertiary alicyclic amines) is 1. The van der Waals surface area contributed by atoms with Crippen LogP contribution in [0.4, 0.5) is 18.0 Å². The van der Waals surface area contributed by atoms with E-state index < -0.39 is 18.0 Å². The van der Waals surface area contributed by atoms with Gasteiger partial charge in [0, 0.05) is 61.6 Å². The number of fused-ring (bicyclic) bond motifs is 1. The number of nitrogens with zero attached hydrogens (tertiary/aromatic N) is 5. The van der Waals surface area contributed by atoms with E-state index in [1.807, 2.05) is 44.5 Å². The molecule has 1 atom stereocenters. The second-order valence-electron chi connectivity index (χ2n) is 10.6. The minimum Gasteiger partial charge on any atom is -0.372 e. The minimum atomic E-state index is -4.57. The lowest BCUT2D eigenvalue weighted by atomic mass is 9.99. The van der Waals surface area contributed by atoms with Crippen molar-refractivity contribution in [3.63, 3.8) is 0 Å². The van der Waals surface area contributed by atoms with Crippen LogP contribution in [-0.2, 0) is 19.3 Å². The number of aliphatic hydroxyl groups is 1. The highest BCUT2D eigenvalue weighted by atomic mass is 19.4. The summed E-state index contributed by atoms with van der Waals surface area (Å²) in [5.74, 6) is 0. The zero-order chi connectivity index (χ0) is 27.6. The number of hydrogen-bond donors (Lipinski definition) is 3. The zero-order valence-corrected chi connectivity index (χ0v) is 21.6. The van der Waals surface area contributed by atoms with E-state index in [1.54, 1.807) is 11.1 Å². The van der Waals surface area contributed by atoms with Gasteiger partial charge < -0.3 is 24.9 Å². The monoisotopic (exact) mass is 551 g/mol. The molecule has 0 bridgehead atoms. The number of carbonyl (C=O) groups excluding carboxylic acids is 1. The Balaban J connectivity index is 1.38. The summed E-state index contributed by atoms with van der Waals surface area (Å²) < 4.78 is 46.2. The molecule has 0 radical (unpaired) electrons. The van der Waals surface area contributed by atoms with E-state index in [9.17, 15) is 23.1 Å². The van der Waals surface area contributed by atoms with Crippen molar-refractivity contribution in [1.82, 2.24) is 34.6 Å². The number of benzene rings is 1. The Morgan fingerprint density at radius 1 is 1.05 bits per heavy atom. The van der Waals surface area contributed by atoms with Crippen LogP contribution in [0.5, 0.6) is 0 Å². The average molecular weight is 552 g/mol. The van der Waals surface area contributed by atoms with Crippen molar-refractivity contribution in [1.29, 1.82) is 0 Å². The molecule has 0 saturated carbocycles. The number of hydrogen-bond acceptors (Lipinski definition) is 5. The minimum absolute atomic E-state index is 0.0900. The fourth-order valence-electron chi connectivity index (χ4n) is 6.18. The number of piperidine rings is 1. The lowest BCUT2D eigenvalue weighted by Crippen LogP contribution is -2.45. The molecule has 3 N–H and O–H groups in total. The third kappa shape index (κ3) is 4.01. The molecule has 2 amide bonds. The van der Waals surface area contributed by atoms with Crippen LogP contribution in [0.2, 0.25) is 0 Å². The molecule has 4 aromatic rings. The van der Waals surface area contributed by atoms with Crippen molar-refractivity contribution in [3.8, 4) is 0 Å². The number of rotatable bonds is 2. The molecule has 3 aliphatic rings. The highest BCUT2D eigenvalue weighted by molar-refractivity contribution is 6.03. The molecule has 0 aliphatic carbocycles. The summed E-state index contributed by atoms with van der Waals surface area (Å²) in [5.41, 5.74) is 8.95. The predicted octanol–water partition coefficient (Wildman–Crippen LogP) is 4.02. The molecule has 1 aromatic carbocycles. The molecule has 208 valence electrons. The van der Waals surface area contributed by atoms with Crippen LogP contribution < -0.4 is 10.9 Å². The van der Waals surface area contributed by atoms with Crippen molar-refractivity contribution >= 4 is 33.9 Å². The van der Waals surface area contributed by atoms with Gasteiger partial charge in [0.25, 0.3) is 0 Å². The van der Waals surface area contributed by atoms with E-state index >= 15 is 0 Å². The van der Waals surface area contributed by atoms with Crippen LogP contribution >= 0.6 is 0 Å². The van der Waals surface area contributed by atoms with E-state index in [2.05, 4.69) is 15.8 Å². The second-order valence-corrected chi connectivity index (χ2v) is 10.6. The quantitative estimate of drug-likeness (QED) is 0.350. The summed E-state index contributed by atoms with van der Waals surface area (Å²) in [7, 11) is 0. The first-order valence-corrected chi connectivity index (χ1v) is 13.4. The van der Waals surface area contributed by atoms with Gasteiger partial charge in [-0.15, -0.1) is 0 Å². The number of halogens is 3. The smallest absolute Gasteiger partial charge is 0.372 e. The van der Waals surface area contributed by atoms with Crippen molar-refractivity contribution in [2.45, 2.75) is 44.8 Å². The molecule has 9 nitrogen and oxygen atoms in total. The Hall–Kier alpha value is -4.03. The molecule has 3 aliphatic heterocycles. The maximum absolute atomic E-state index is 14.2. The van der Waals surface area contributed by atoms with Gasteiger partial charge in [-0.05, 0) is 49.1 Å². The van der Waals surface area contributed by atoms with E-state index in [1.165, 1.54) is 6.07 Å². The van der Waals surface area contributed by atoms with Gasteiger partial charge in [-0.2, -0.15) is 13.2 Å². The molecular formula is C28H28F3N7O2. The summed E-state index contributed by atoms with van der Waals surface area (Å²) in [6, 6.07) is 7.74. The van der Waals surface area contributed by atoms with Crippen molar-refractivity contribution < 1.29 is 23.1 Å². The third-order valence-electron chi connectivity index (χ3n) is 8.09. The molecule has 1 unspecified atom stereocenters. The summed E-state index contributed by atoms with van der Waals surface area (Å²) in [5, 5.41) is 11.3. The number of alkyl halides is 3. The zero-order valence-electron chi connectivity index (χ0n) is 21.6. The predicted molar refractivity (Wildman–Crippen MR) is 142 cm³/mol. The van der Waals surface area contributed by atoms with Crippen LogP contribution in [0.3, 0.4) is 0 Å². The maximum Gasteiger partial charge on any atom is 0.416 e. The van der Waals surface area contributed by atoms with Crippen LogP contribution in [0.25, 0.3) is 27.8 Å². The Morgan fingerprint density at radius 3 is 2.67 bits per heavy atom. The van der Waals surface area contributed by atoms with E-state index in [0.29, 0.717) is 70.8 Å². The molecule has 3 aromatic heterocycles. The van der Waals surface area contributed by atoms with Gasteiger partial charge in [-0.1, -0.05) is 6.07 Å². The topological polar surface area (TPSA) is 90.1 Å². The van der Waals surface area contributed by atoms with Crippen molar-refractivity contribution in [2.24, 2.45) is 0 Å². The molecule has 6 heterocycles. The number of aromatic nitrogens is 3. The summed E-state index contributed by atoms with van der Waals surface area (Å²) in [6.07, 6.45) is 2.55. The van der Waals surface area contributed by atoms with Gasteiger partial charge in [0.15, 0.2) is 6.23 Å². The van der Waals surface area contributed by atoms with Gasteiger partial charge in [0.1, 0.15) is 5.65 Å². The van der Waals surface area contributed by atoms with E-state index in [-0.39, 0.29) is 12.6 Å². The van der Waals surface area contributed by atoms with Crippen LogP contribution in [0.15, 0.2) is 48.9 Å². The Kier molecular flexibility index (Phi) is 5.79. The van der Waals surface area contributed by atoms with Crippen molar-refractivity contribution in [3.05, 3.63) is 71.3 Å². The van der Waals surface area contributed by atoms with E-state index in [4.69, 9.17) is 0 Å². The molecule has 1 saturated heterocycles. The summed E-state index contributed by atoms with van der Waals surface area (Å²) in [6.45, 7) is 2.24. The number of aliphatic hydroxyl groups excluding tert-OH is 1. The Labute approximate surface area is 227 Å². The molecule has 1 fully saturated rings. The normalized spacial score (nSPS) is 19.9. The summed E-state index contributed by atoms with van der Waals surface area (Å²) >= 11 is 0. The molecule has 40 heavy (non-hydrogen) atoms. The number of pyridine rings is 1. The number of hydrazine groups is 1. The lowest BCUT2D eigenvalue weighted by Gasteiger charge is -2.32. The Morgan fingerprint density at radius 2 is 1.88 bits per heavy atom. The number of imidazole rings is 1. The van der Waals surface area contributed by atoms with Crippen molar-refractivity contribution in [2.75, 3.05) is 19.6 Å². The largest absolute Gasteiger partial charge is 0.416 e. The number of urea groups is 1. The fraction of sp³-hybridized carbons (Fsp3) is 0.357. The van der Waals surface area contributed by atoms with Crippen LogP contribution in [-0.4, -0.2) is 60.8 Å². The summed E-state index contributed by atoms with van der Waals surface area (Å²) in [4.78, 5) is 21.2. The highest BCUT2D eigenvalue weighted by Gasteiger charge is 2.36. The molecule has 12 heteroatoms. The lowest BCUT2D eigenvalue weighted by molar-refractivity contribution is -0.137. The molecule has 7 rings (SSSR count). The number of carbonyl (C=O) groups is 1. The standard InChI is InChI=1S/C28H28F3N7O2/c29-28(30,31)18-12-17-15-37(27(40)35-7-3-1-4-8-35)11-10-36-16-20(19(13-18)25(17)36)24-23(26(39)34-33-24)21-14-32-22-6-2-5-9-38(21)22/h2,5-6,9,12-14,16,26,33-34,39H,1,3-4,7-8,10-11,15H2. The van der Waals surface area contributed by atoms with Crippen LogP contribution in [0.1, 0.15) is 41.6 Å². The number of nitrogens with one attached hydrogen (secondary N) is 2. The highest BCUT2D eigenvalue weighted by Crippen LogP contribution is 2.40. The Bertz CT molecular complexity index is 1670. The molecular weight excluding hydrogens is 523 g/mol. The maximum atomic E-state index is 14.2. The number of amides is 2. The second kappa shape index (κ2) is 9.27. The van der Waals surface area contributed by atoms with Gasteiger partial charge in [0.2, 0.25) is 0 Å². The van der Waals surface area contributed by atoms with E-state index in [0.717, 1.165) is 25.3 Å². The van der Waals surface area contributed by atoms with Crippen LogP contribution in [0, 0.1) is 0 Å². The fourth-order valence-corrected chi connectivity index (χ4v) is 6.18. The van der Waals surface area contributed by atoms with Gasteiger partial charge in [-0.25, -0.2) is 15.2 Å². The third-order valence-corrected chi connectivity index (χ3v) is 8.09. The first kappa shape index (κ1) is 25.0. The molecule has 0 spiro atoms. The van der Waals surface area contributed by atoms with Gasteiger partial charge in [-0.3, -0.25) is 4.40 Å². The first-order valence-electron chi connectivity index (χ1n) is 13.4. The van der Waals surface area contributed by atoms with Gasteiger partial charge >= 0.3 is 12.2 Å². The van der Waals surface area contributed by atoms with Gasteiger partial charge in [0.05, 0.1) is 28.7 Å². The first-order chi connectivity index (χ1) is 19.3.